The third kappa shape index (κ3) is 2.73. The van der Waals surface area contributed by atoms with E-state index in [1.54, 1.807) is 0 Å². The summed E-state index contributed by atoms with van der Waals surface area (Å²) in [5.41, 5.74) is 0. The lowest BCUT2D eigenvalue weighted by atomic mass is 9.95. The van der Waals surface area contributed by atoms with Gasteiger partial charge in [0.05, 0.1) is 12.6 Å². The Balaban J connectivity index is 2.50. The molecule has 1 aliphatic heterocycles. The van der Waals surface area contributed by atoms with E-state index >= 15 is 0 Å². The van der Waals surface area contributed by atoms with Crippen molar-refractivity contribution < 1.29 is 4.74 Å². The van der Waals surface area contributed by atoms with Gasteiger partial charge in [0.2, 0.25) is 0 Å². The van der Waals surface area contributed by atoms with E-state index in [1.807, 2.05) is 7.05 Å². The van der Waals surface area contributed by atoms with Crippen LogP contribution >= 0.6 is 0 Å². The van der Waals surface area contributed by atoms with Crippen LogP contribution < -0.4 is 5.32 Å². The highest BCUT2D eigenvalue weighted by molar-refractivity contribution is 5.08. The molecule has 1 rings (SSSR count). The van der Waals surface area contributed by atoms with E-state index in [4.69, 9.17) is 4.74 Å². The predicted molar refractivity (Wildman–Crippen MR) is 55.6 cm³/mol. The van der Waals surface area contributed by atoms with Crippen LogP contribution in [0.5, 0.6) is 0 Å². The summed E-state index contributed by atoms with van der Waals surface area (Å²) < 4.78 is 5.57. The molecule has 76 valence electrons. The first-order valence-electron chi connectivity index (χ1n) is 5.29. The quantitative estimate of drug-likeness (QED) is 0.706. The molecule has 1 aliphatic rings. The summed E-state index contributed by atoms with van der Waals surface area (Å²) in [5, 5.41) is 3.34. The topological polar surface area (TPSA) is 21.3 Å². The molecule has 1 N–H and O–H groups in total. The predicted octanol–water partition coefficient (Wildman–Crippen LogP) is 2.31. The van der Waals surface area contributed by atoms with Crippen LogP contribution in [0.1, 0.15) is 33.1 Å². The molecule has 0 bridgehead atoms. The first kappa shape index (κ1) is 10.6. The van der Waals surface area contributed by atoms with Gasteiger partial charge in [-0.1, -0.05) is 20.3 Å². The fourth-order valence-corrected chi connectivity index (χ4v) is 1.98. The number of hydrogen-bond acceptors (Lipinski definition) is 2. The molecule has 0 aliphatic carbocycles. The Morgan fingerprint density at radius 3 is 2.85 bits per heavy atom. The van der Waals surface area contributed by atoms with Crippen molar-refractivity contribution in [2.24, 2.45) is 5.92 Å². The third-order valence-corrected chi connectivity index (χ3v) is 2.66. The maximum atomic E-state index is 5.57. The maximum Gasteiger partial charge on any atom is 0.109 e. The molecule has 0 saturated carbocycles. The zero-order valence-corrected chi connectivity index (χ0v) is 8.97. The van der Waals surface area contributed by atoms with E-state index in [-0.39, 0.29) is 0 Å². The van der Waals surface area contributed by atoms with Crippen molar-refractivity contribution in [1.82, 2.24) is 5.32 Å². The van der Waals surface area contributed by atoms with Gasteiger partial charge in [-0.3, -0.25) is 0 Å². The zero-order valence-electron chi connectivity index (χ0n) is 8.97. The highest BCUT2D eigenvalue weighted by atomic mass is 16.5. The Hall–Kier alpha value is -0.500. The summed E-state index contributed by atoms with van der Waals surface area (Å²) >= 11 is 0. The second-order valence-electron chi connectivity index (χ2n) is 3.78. The molecule has 2 atom stereocenters. The largest absolute Gasteiger partial charge is 0.496 e. The van der Waals surface area contributed by atoms with Gasteiger partial charge in [-0.15, -0.1) is 0 Å². The van der Waals surface area contributed by atoms with Crippen LogP contribution in [0.2, 0.25) is 0 Å². The van der Waals surface area contributed by atoms with Crippen molar-refractivity contribution in [3.8, 4) is 0 Å². The van der Waals surface area contributed by atoms with Crippen molar-refractivity contribution in [3.63, 3.8) is 0 Å². The van der Waals surface area contributed by atoms with Crippen molar-refractivity contribution in [2.75, 3.05) is 13.7 Å². The van der Waals surface area contributed by atoms with Crippen molar-refractivity contribution in [3.05, 3.63) is 11.8 Å². The van der Waals surface area contributed by atoms with Crippen LogP contribution in [-0.2, 0) is 4.74 Å². The summed E-state index contributed by atoms with van der Waals surface area (Å²) in [5.74, 6) is 1.82. The Morgan fingerprint density at radius 2 is 2.38 bits per heavy atom. The SMILES string of the molecule is CCCC(C)C(NC)C1=CCCO1. The molecule has 1 heterocycles. The fraction of sp³-hybridized carbons (Fsp3) is 0.818. The maximum absolute atomic E-state index is 5.57. The van der Waals surface area contributed by atoms with E-state index in [1.165, 1.54) is 12.8 Å². The second kappa shape index (κ2) is 5.28. The van der Waals surface area contributed by atoms with E-state index in [0.717, 1.165) is 18.8 Å². The molecule has 0 spiro atoms. The number of likely N-dealkylation sites (N-methyl/N-ethyl adjacent to an activating group) is 1. The van der Waals surface area contributed by atoms with Gasteiger partial charge in [0.1, 0.15) is 5.76 Å². The average Bonchev–Trinajstić information content (AvgIpc) is 2.59. The monoisotopic (exact) mass is 183 g/mol. The lowest BCUT2D eigenvalue weighted by molar-refractivity contribution is 0.196. The van der Waals surface area contributed by atoms with Crippen molar-refractivity contribution in [1.29, 1.82) is 0 Å². The van der Waals surface area contributed by atoms with Crippen molar-refractivity contribution >= 4 is 0 Å². The summed E-state index contributed by atoms with van der Waals surface area (Å²) in [6.07, 6.45) is 5.79. The Labute approximate surface area is 81.4 Å². The number of ether oxygens (including phenoxy) is 1. The van der Waals surface area contributed by atoms with E-state index in [0.29, 0.717) is 12.0 Å². The second-order valence-corrected chi connectivity index (χ2v) is 3.78. The summed E-state index contributed by atoms with van der Waals surface area (Å²) in [6.45, 7) is 5.38. The van der Waals surface area contributed by atoms with Gasteiger partial charge in [0, 0.05) is 6.42 Å². The lowest BCUT2D eigenvalue weighted by Crippen LogP contribution is -2.34. The smallest absolute Gasteiger partial charge is 0.109 e. The van der Waals surface area contributed by atoms with Crippen LogP contribution in [0.4, 0.5) is 0 Å². The molecule has 2 unspecified atom stereocenters. The molecule has 0 amide bonds. The van der Waals surface area contributed by atoms with Crippen LogP contribution in [0.25, 0.3) is 0 Å². The number of nitrogens with one attached hydrogen (secondary N) is 1. The summed E-state index contributed by atoms with van der Waals surface area (Å²) in [4.78, 5) is 0. The van der Waals surface area contributed by atoms with Gasteiger partial charge in [-0.05, 0) is 25.5 Å². The minimum absolute atomic E-state index is 0.419. The molecule has 2 nitrogen and oxygen atoms in total. The average molecular weight is 183 g/mol. The van der Waals surface area contributed by atoms with Crippen LogP contribution in [0.15, 0.2) is 11.8 Å². The van der Waals surface area contributed by atoms with E-state index in [2.05, 4.69) is 25.2 Å². The molecule has 0 aromatic carbocycles. The molecule has 0 radical (unpaired) electrons. The summed E-state index contributed by atoms with van der Waals surface area (Å²) in [7, 11) is 2.01. The minimum atomic E-state index is 0.419. The minimum Gasteiger partial charge on any atom is -0.496 e. The Bertz CT molecular complexity index is 177. The normalized spacial score (nSPS) is 20.7. The standard InChI is InChI=1S/C11H21NO/c1-4-6-9(2)11(12-3)10-7-5-8-13-10/h7,9,11-12H,4-6,8H2,1-3H3. The van der Waals surface area contributed by atoms with E-state index < -0.39 is 0 Å². The molecule has 13 heavy (non-hydrogen) atoms. The highest BCUT2D eigenvalue weighted by Gasteiger charge is 2.22. The molecular formula is C11H21NO. The van der Waals surface area contributed by atoms with Gasteiger partial charge in [-0.25, -0.2) is 0 Å². The lowest BCUT2D eigenvalue weighted by Gasteiger charge is -2.23. The van der Waals surface area contributed by atoms with Crippen LogP contribution in [-0.4, -0.2) is 19.7 Å². The van der Waals surface area contributed by atoms with Crippen molar-refractivity contribution in [2.45, 2.75) is 39.2 Å². The molecule has 0 fully saturated rings. The molecule has 0 aromatic heterocycles. The number of rotatable bonds is 5. The van der Waals surface area contributed by atoms with Gasteiger partial charge in [-0.2, -0.15) is 0 Å². The molecular weight excluding hydrogens is 162 g/mol. The Kier molecular flexibility index (Phi) is 4.29. The number of hydrogen-bond donors (Lipinski definition) is 1. The van der Waals surface area contributed by atoms with Gasteiger partial charge in [0.15, 0.2) is 0 Å². The Morgan fingerprint density at radius 1 is 1.62 bits per heavy atom. The molecule has 0 aromatic rings. The first-order chi connectivity index (χ1) is 6.29. The summed E-state index contributed by atoms with van der Waals surface area (Å²) in [6, 6.07) is 0.419. The van der Waals surface area contributed by atoms with Gasteiger partial charge >= 0.3 is 0 Å². The molecule has 0 saturated heterocycles. The van der Waals surface area contributed by atoms with E-state index in [9.17, 15) is 0 Å². The zero-order chi connectivity index (χ0) is 9.68. The fourth-order valence-electron chi connectivity index (χ4n) is 1.98. The third-order valence-electron chi connectivity index (χ3n) is 2.66. The highest BCUT2D eigenvalue weighted by Crippen LogP contribution is 2.21. The van der Waals surface area contributed by atoms with Crippen LogP contribution in [0, 0.1) is 5.92 Å². The first-order valence-corrected chi connectivity index (χ1v) is 5.29. The van der Waals surface area contributed by atoms with Crippen LogP contribution in [0.3, 0.4) is 0 Å². The van der Waals surface area contributed by atoms with Gasteiger partial charge < -0.3 is 10.1 Å². The van der Waals surface area contributed by atoms with Gasteiger partial charge in [0.25, 0.3) is 0 Å². The molecule has 2 heteroatoms.